The van der Waals surface area contributed by atoms with Crippen LogP contribution in [0.1, 0.15) is 52.0 Å². The van der Waals surface area contributed by atoms with Gasteiger partial charge in [-0.2, -0.15) is 5.10 Å². The topological polar surface area (TPSA) is 72.9 Å². The van der Waals surface area contributed by atoms with E-state index in [9.17, 15) is 4.79 Å². The maximum atomic E-state index is 12.5. The standard InChI is InChI=1S/C14H24N4O/c1-11(2)18-9-12(8-16-18)17-13(19)14(10-15)6-4-3-5-7-14/h8-9,11H,3-7,10,15H2,1-2H3,(H,17,19). The quantitative estimate of drug-likeness (QED) is 0.876. The largest absolute Gasteiger partial charge is 0.329 e. The number of aromatic nitrogens is 2. The van der Waals surface area contributed by atoms with Gasteiger partial charge in [0.25, 0.3) is 0 Å². The molecule has 1 fully saturated rings. The number of nitrogens with two attached hydrogens (primary N) is 1. The lowest BCUT2D eigenvalue weighted by Gasteiger charge is -2.34. The first kappa shape index (κ1) is 14.1. The predicted octanol–water partition coefficient (Wildman–Crippen LogP) is 2.31. The lowest BCUT2D eigenvalue weighted by molar-refractivity contribution is -0.126. The number of anilines is 1. The van der Waals surface area contributed by atoms with Gasteiger partial charge < -0.3 is 11.1 Å². The van der Waals surface area contributed by atoms with Crippen molar-refractivity contribution in [3.8, 4) is 0 Å². The van der Waals surface area contributed by atoms with Crippen LogP contribution in [0, 0.1) is 5.41 Å². The smallest absolute Gasteiger partial charge is 0.231 e. The molecular formula is C14H24N4O. The number of hydrogen-bond donors (Lipinski definition) is 2. The Labute approximate surface area is 114 Å². The monoisotopic (exact) mass is 264 g/mol. The van der Waals surface area contributed by atoms with E-state index < -0.39 is 0 Å². The van der Waals surface area contributed by atoms with E-state index in [0.29, 0.717) is 12.6 Å². The van der Waals surface area contributed by atoms with E-state index in [1.165, 1.54) is 6.42 Å². The van der Waals surface area contributed by atoms with Crippen molar-refractivity contribution in [3.63, 3.8) is 0 Å². The molecule has 1 saturated carbocycles. The van der Waals surface area contributed by atoms with Gasteiger partial charge in [0.2, 0.25) is 5.91 Å². The van der Waals surface area contributed by atoms with Crippen LogP contribution in [-0.2, 0) is 4.79 Å². The van der Waals surface area contributed by atoms with Gasteiger partial charge in [-0.25, -0.2) is 0 Å². The third kappa shape index (κ3) is 2.97. The minimum Gasteiger partial charge on any atom is -0.329 e. The first-order chi connectivity index (χ1) is 9.07. The molecule has 1 aromatic rings. The fraction of sp³-hybridized carbons (Fsp3) is 0.714. The van der Waals surface area contributed by atoms with Gasteiger partial charge in [0, 0.05) is 18.8 Å². The highest BCUT2D eigenvalue weighted by molar-refractivity contribution is 5.95. The third-order valence-electron chi connectivity index (χ3n) is 4.07. The van der Waals surface area contributed by atoms with E-state index in [1.807, 2.05) is 10.9 Å². The first-order valence-corrected chi connectivity index (χ1v) is 7.13. The maximum Gasteiger partial charge on any atom is 0.231 e. The minimum atomic E-state index is -0.377. The van der Waals surface area contributed by atoms with Crippen molar-refractivity contribution < 1.29 is 4.79 Å². The second-order valence-corrected chi connectivity index (χ2v) is 5.80. The minimum absolute atomic E-state index is 0.0537. The van der Waals surface area contributed by atoms with Crippen molar-refractivity contribution in [1.29, 1.82) is 0 Å². The fourth-order valence-corrected chi connectivity index (χ4v) is 2.70. The van der Waals surface area contributed by atoms with Crippen LogP contribution in [0.3, 0.4) is 0 Å². The highest BCUT2D eigenvalue weighted by atomic mass is 16.2. The normalized spacial score (nSPS) is 18.5. The summed E-state index contributed by atoms with van der Waals surface area (Å²) in [6.07, 6.45) is 8.76. The molecule has 1 heterocycles. The molecule has 0 unspecified atom stereocenters. The summed E-state index contributed by atoms with van der Waals surface area (Å²) in [5.41, 5.74) is 6.25. The van der Waals surface area contributed by atoms with Gasteiger partial charge >= 0.3 is 0 Å². The molecule has 0 radical (unpaired) electrons. The zero-order valence-corrected chi connectivity index (χ0v) is 11.9. The van der Waals surface area contributed by atoms with Crippen LogP contribution in [0.4, 0.5) is 5.69 Å². The SMILES string of the molecule is CC(C)n1cc(NC(=O)C2(CN)CCCCC2)cn1. The van der Waals surface area contributed by atoms with Crippen molar-refractivity contribution in [2.75, 3.05) is 11.9 Å². The molecule has 1 amide bonds. The molecule has 0 aliphatic heterocycles. The highest BCUT2D eigenvalue weighted by Crippen LogP contribution is 2.36. The van der Waals surface area contributed by atoms with Gasteiger partial charge in [0.15, 0.2) is 0 Å². The van der Waals surface area contributed by atoms with Crippen molar-refractivity contribution in [1.82, 2.24) is 9.78 Å². The maximum absolute atomic E-state index is 12.5. The Balaban J connectivity index is 2.06. The average molecular weight is 264 g/mol. The molecular weight excluding hydrogens is 240 g/mol. The predicted molar refractivity (Wildman–Crippen MR) is 75.8 cm³/mol. The number of carbonyl (C=O) groups excluding carboxylic acids is 1. The van der Waals surface area contributed by atoms with Crippen molar-refractivity contribution in [2.24, 2.45) is 11.1 Å². The van der Waals surface area contributed by atoms with E-state index in [2.05, 4.69) is 24.3 Å². The van der Waals surface area contributed by atoms with Gasteiger partial charge in [-0.05, 0) is 26.7 Å². The molecule has 5 heteroatoms. The number of rotatable bonds is 4. The van der Waals surface area contributed by atoms with Gasteiger partial charge in [-0.15, -0.1) is 0 Å². The van der Waals surface area contributed by atoms with Crippen LogP contribution in [0.5, 0.6) is 0 Å². The summed E-state index contributed by atoms with van der Waals surface area (Å²) < 4.78 is 1.84. The number of amides is 1. The molecule has 3 N–H and O–H groups in total. The third-order valence-corrected chi connectivity index (χ3v) is 4.07. The Kier molecular flexibility index (Phi) is 4.24. The molecule has 19 heavy (non-hydrogen) atoms. The summed E-state index contributed by atoms with van der Waals surface area (Å²) in [6, 6.07) is 0.295. The molecule has 1 aliphatic carbocycles. The van der Waals surface area contributed by atoms with E-state index in [-0.39, 0.29) is 11.3 Å². The van der Waals surface area contributed by atoms with E-state index >= 15 is 0 Å². The molecule has 0 spiro atoms. The summed E-state index contributed by atoms with van der Waals surface area (Å²) >= 11 is 0. The van der Waals surface area contributed by atoms with Gasteiger partial charge in [-0.1, -0.05) is 19.3 Å². The average Bonchev–Trinajstić information content (AvgIpc) is 2.88. The molecule has 2 rings (SSSR count). The molecule has 1 aliphatic rings. The Morgan fingerprint density at radius 2 is 2.16 bits per heavy atom. The second-order valence-electron chi connectivity index (χ2n) is 5.80. The van der Waals surface area contributed by atoms with Crippen LogP contribution in [0.15, 0.2) is 12.4 Å². The zero-order valence-electron chi connectivity index (χ0n) is 11.9. The van der Waals surface area contributed by atoms with Gasteiger partial charge in [0.05, 0.1) is 17.3 Å². The first-order valence-electron chi connectivity index (χ1n) is 7.13. The summed E-state index contributed by atoms with van der Waals surface area (Å²) in [6.45, 7) is 4.54. The van der Waals surface area contributed by atoms with E-state index in [4.69, 9.17) is 5.73 Å². The van der Waals surface area contributed by atoms with E-state index in [0.717, 1.165) is 31.4 Å². The molecule has 5 nitrogen and oxygen atoms in total. The molecule has 0 aromatic carbocycles. The van der Waals surface area contributed by atoms with Crippen molar-refractivity contribution in [2.45, 2.75) is 52.0 Å². The summed E-state index contributed by atoms with van der Waals surface area (Å²) in [4.78, 5) is 12.5. The van der Waals surface area contributed by atoms with Crippen LogP contribution >= 0.6 is 0 Å². The van der Waals surface area contributed by atoms with Crippen molar-refractivity contribution in [3.05, 3.63) is 12.4 Å². The number of hydrogen-bond acceptors (Lipinski definition) is 3. The van der Waals surface area contributed by atoms with Crippen LogP contribution in [0.2, 0.25) is 0 Å². The Morgan fingerprint density at radius 3 is 2.68 bits per heavy atom. The molecule has 106 valence electrons. The number of nitrogens with zero attached hydrogens (tertiary/aromatic N) is 2. The Morgan fingerprint density at radius 1 is 1.47 bits per heavy atom. The zero-order chi connectivity index (χ0) is 13.9. The number of carbonyl (C=O) groups is 1. The van der Waals surface area contributed by atoms with Gasteiger partial charge in [-0.3, -0.25) is 9.48 Å². The Hall–Kier alpha value is -1.36. The summed E-state index contributed by atoms with van der Waals surface area (Å²) in [5, 5.41) is 7.21. The lowest BCUT2D eigenvalue weighted by Crippen LogP contribution is -2.43. The van der Waals surface area contributed by atoms with E-state index in [1.54, 1.807) is 6.20 Å². The van der Waals surface area contributed by atoms with Crippen LogP contribution < -0.4 is 11.1 Å². The second kappa shape index (κ2) is 5.74. The number of nitrogens with one attached hydrogen (secondary N) is 1. The van der Waals surface area contributed by atoms with Crippen molar-refractivity contribution >= 4 is 11.6 Å². The summed E-state index contributed by atoms with van der Waals surface area (Å²) in [7, 11) is 0. The van der Waals surface area contributed by atoms with Crippen LogP contribution in [-0.4, -0.2) is 22.2 Å². The molecule has 0 atom stereocenters. The van der Waals surface area contributed by atoms with Crippen LogP contribution in [0.25, 0.3) is 0 Å². The fourth-order valence-electron chi connectivity index (χ4n) is 2.70. The Bertz CT molecular complexity index is 432. The molecule has 1 aromatic heterocycles. The molecule has 0 bridgehead atoms. The highest BCUT2D eigenvalue weighted by Gasteiger charge is 2.38. The molecule has 0 saturated heterocycles. The van der Waals surface area contributed by atoms with Gasteiger partial charge in [0.1, 0.15) is 0 Å². The lowest BCUT2D eigenvalue weighted by atomic mass is 9.73. The summed E-state index contributed by atoms with van der Waals surface area (Å²) in [5.74, 6) is 0.0537.